The Balaban J connectivity index is 2.93. The largest absolute Gasteiger partial charge is 0.288 e. The first kappa shape index (κ1) is 10.5. The normalized spacial score (nSPS) is 9.24. The number of benzene rings is 2. The zero-order valence-electron chi connectivity index (χ0n) is 8.56. The highest BCUT2D eigenvalue weighted by atomic mass is 16.3. The molecule has 0 atom stereocenters. The summed E-state index contributed by atoms with van der Waals surface area (Å²) >= 11 is 0. The molecule has 77 valence electrons. The smallest absolute Gasteiger partial charge is 0.205 e. The van der Waals surface area contributed by atoms with E-state index >= 15 is 0 Å². The maximum Gasteiger partial charge on any atom is 0.205 e. The van der Waals surface area contributed by atoms with Crippen LogP contribution >= 0.6 is 0 Å². The fourth-order valence-electron chi connectivity index (χ4n) is 1.64. The molecule has 0 aromatic heterocycles. The van der Waals surface area contributed by atoms with Crippen molar-refractivity contribution in [3.8, 4) is 24.0 Å². The van der Waals surface area contributed by atoms with Crippen molar-refractivity contribution in [2.24, 2.45) is 0 Å². The van der Waals surface area contributed by atoms with E-state index in [1.165, 1.54) is 24.3 Å². The van der Waals surface area contributed by atoms with Gasteiger partial charge < -0.3 is 0 Å². The predicted molar refractivity (Wildman–Crippen MR) is 58.2 cm³/mol. The predicted octanol–water partition coefficient (Wildman–Crippen LogP) is 2.60. The summed E-state index contributed by atoms with van der Waals surface area (Å²) in [7, 11) is 0. The van der Waals surface area contributed by atoms with Gasteiger partial charge in [-0.05, 0) is 29.7 Å². The molecule has 2 aromatic carbocycles. The molecule has 0 saturated carbocycles. The number of hydrogen-bond donors (Lipinski definition) is 0. The van der Waals surface area contributed by atoms with Gasteiger partial charge in [0.1, 0.15) is 17.7 Å². The molecule has 2 rings (SSSR count). The summed E-state index contributed by atoms with van der Waals surface area (Å²) in [6, 6.07) is 11.5. The van der Waals surface area contributed by atoms with Crippen LogP contribution in [0.1, 0.15) is 16.7 Å². The first-order valence-electron chi connectivity index (χ1n) is 4.69. The van der Waals surface area contributed by atoms with Gasteiger partial charge in [-0.1, -0.05) is 0 Å². The first-order valence-corrected chi connectivity index (χ1v) is 4.69. The Bertz CT molecular complexity index is 742. The molecule has 0 aliphatic rings. The maximum absolute atomic E-state index is 11.9. The molecule has 0 N–H and O–H groups in total. The Labute approximate surface area is 97.2 Å². The van der Waals surface area contributed by atoms with Gasteiger partial charge in [0.05, 0.1) is 17.2 Å². The van der Waals surface area contributed by atoms with E-state index in [2.05, 4.69) is 0 Å². The molecule has 0 unspecified atom stereocenters. The van der Waals surface area contributed by atoms with Crippen molar-refractivity contribution in [3.63, 3.8) is 0 Å². The van der Waals surface area contributed by atoms with Crippen LogP contribution in [-0.2, 0) is 5.11 Å². The van der Waals surface area contributed by atoms with Crippen LogP contribution in [0, 0.1) is 34.0 Å². The van der Waals surface area contributed by atoms with Gasteiger partial charge in [-0.3, -0.25) is 5.11 Å². The number of nitriles is 3. The standard InChI is InChI=1S/C13H4N3O/c14-5-8-1-2-11-9(3-8)4-10(6-15)12(7-16)13(11)17/h1-4H. The number of fused-ring (bicyclic) bond motifs is 1. The van der Waals surface area contributed by atoms with E-state index < -0.39 is 5.75 Å². The van der Waals surface area contributed by atoms with Gasteiger partial charge in [0.25, 0.3) is 0 Å². The molecule has 0 heterocycles. The van der Waals surface area contributed by atoms with E-state index in [-0.39, 0.29) is 11.1 Å². The number of hydrogen-bond acceptors (Lipinski definition) is 3. The minimum atomic E-state index is -0.467. The van der Waals surface area contributed by atoms with Gasteiger partial charge in [-0.15, -0.1) is 0 Å². The Morgan fingerprint density at radius 3 is 2.29 bits per heavy atom. The highest BCUT2D eigenvalue weighted by Gasteiger charge is 2.14. The average molecular weight is 218 g/mol. The zero-order valence-corrected chi connectivity index (χ0v) is 8.56. The fourth-order valence-corrected chi connectivity index (χ4v) is 1.64. The van der Waals surface area contributed by atoms with E-state index in [1.807, 2.05) is 12.1 Å². The Kier molecular flexibility index (Phi) is 2.37. The van der Waals surface area contributed by atoms with Crippen LogP contribution in [0.15, 0.2) is 24.3 Å². The summed E-state index contributed by atoms with van der Waals surface area (Å²) in [4.78, 5) is 0. The van der Waals surface area contributed by atoms with Gasteiger partial charge in [0.2, 0.25) is 5.75 Å². The van der Waals surface area contributed by atoms with E-state index in [0.717, 1.165) is 0 Å². The molecule has 17 heavy (non-hydrogen) atoms. The van der Waals surface area contributed by atoms with Crippen molar-refractivity contribution >= 4 is 10.8 Å². The van der Waals surface area contributed by atoms with E-state index in [4.69, 9.17) is 15.8 Å². The first-order chi connectivity index (χ1) is 8.21. The van der Waals surface area contributed by atoms with Gasteiger partial charge in [0, 0.05) is 5.39 Å². The summed E-state index contributed by atoms with van der Waals surface area (Å²) in [5, 5.41) is 39.2. The number of rotatable bonds is 0. The summed E-state index contributed by atoms with van der Waals surface area (Å²) < 4.78 is 0. The van der Waals surface area contributed by atoms with Gasteiger partial charge in [-0.25, -0.2) is 0 Å². The lowest BCUT2D eigenvalue weighted by Gasteiger charge is -2.02. The summed E-state index contributed by atoms with van der Waals surface area (Å²) in [5.41, 5.74) is 0.301. The molecule has 4 heteroatoms. The second kappa shape index (κ2) is 3.85. The molecule has 0 aliphatic heterocycles. The van der Waals surface area contributed by atoms with Crippen LogP contribution in [0.5, 0.6) is 5.75 Å². The SMILES string of the molecule is N#Cc1ccc2c([O])c(C#N)c(C#N)cc2c1. The third kappa shape index (κ3) is 1.53. The fraction of sp³-hybridized carbons (Fsp3) is 0. The molecular formula is C13H4N3O. The monoisotopic (exact) mass is 218 g/mol. The molecule has 0 bridgehead atoms. The number of nitrogens with zero attached hydrogens (tertiary/aromatic N) is 3. The van der Waals surface area contributed by atoms with Gasteiger partial charge in [0.15, 0.2) is 0 Å². The van der Waals surface area contributed by atoms with Crippen LogP contribution in [0.4, 0.5) is 0 Å². The molecule has 4 nitrogen and oxygen atoms in total. The zero-order chi connectivity index (χ0) is 12.4. The van der Waals surface area contributed by atoms with Crippen molar-refractivity contribution in [2.75, 3.05) is 0 Å². The van der Waals surface area contributed by atoms with Crippen molar-refractivity contribution in [1.29, 1.82) is 15.8 Å². The van der Waals surface area contributed by atoms with E-state index in [9.17, 15) is 5.11 Å². The molecule has 0 aliphatic carbocycles. The van der Waals surface area contributed by atoms with Crippen LogP contribution in [0.3, 0.4) is 0 Å². The Morgan fingerprint density at radius 2 is 1.71 bits per heavy atom. The highest BCUT2D eigenvalue weighted by molar-refractivity contribution is 5.92. The molecule has 0 fully saturated rings. The molecule has 2 aromatic rings. The summed E-state index contributed by atoms with van der Waals surface area (Å²) in [6.07, 6.45) is 0. The Hall–Kier alpha value is -3.03. The van der Waals surface area contributed by atoms with Crippen molar-refractivity contribution in [2.45, 2.75) is 0 Å². The van der Waals surface area contributed by atoms with Gasteiger partial charge >= 0.3 is 0 Å². The van der Waals surface area contributed by atoms with Crippen LogP contribution in [0.25, 0.3) is 10.8 Å². The second-order valence-corrected chi connectivity index (χ2v) is 3.40. The van der Waals surface area contributed by atoms with Crippen LogP contribution < -0.4 is 0 Å². The summed E-state index contributed by atoms with van der Waals surface area (Å²) in [5.74, 6) is -0.467. The lowest BCUT2D eigenvalue weighted by molar-refractivity contribution is 0.359. The van der Waals surface area contributed by atoms with E-state index in [0.29, 0.717) is 16.3 Å². The maximum atomic E-state index is 11.9. The quantitative estimate of drug-likeness (QED) is 0.680. The highest BCUT2D eigenvalue weighted by Crippen LogP contribution is 2.32. The third-order valence-electron chi connectivity index (χ3n) is 2.45. The van der Waals surface area contributed by atoms with E-state index in [1.54, 1.807) is 6.07 Å². The molecular weight excluding hydrogens is 214 g/mol. The molecule has 0 spiro atoms. The lowest BCUT2D eigenvalue weighted by Crippen LogP contribution is -1.87. The van der Waals surface area contributed by atoms with Gasteiger partial charge in [-0.2, -0.15) is 15.8 Å². The van der Waals surface area contributed by atoms with Crippen molar-refractivity contribution in [3.05, 3.63) is 41.0 Å². The Morgan fingerprint density at radius 1 is 0.941 bits per heavy atom. The van der Waals surface area contributed by atoms with Crippen molar-refractivity contribution < 1.29 is 5.11 Å². The average Bonchev–Trinajstić information content (AvgIpc) is 2.37. The van der Waals surface area contributed by atoms with Crippen LogP contribution in [0.2, 0.25) is 0 Å². The molecule has 0 amide bonds. The van der Waals surface area contributed by atoms with Crippen LogP contribution in [-0.4, -0.2) is 0 Å². The lowest BCUT2D eigenvalue weighted by atomic mass is 9.99. The third-order valence-corrected chi connectivity index (χ3v) is 2.45. The topological polar surface area (TPSA) is 91.3 Å². The van der Waals surface area contributed by atoms with Crippen molar-refractivity contribution in [1.82, 2.24) is 0 Å². The second-order valence-electron chi connectivity index (χ2n) is 3.40. The molecule has 0 saturated heterocycles. The summed E-state index contributed by atoms with van der Waals surface area (Å²) in [6.45, 7) is 0. The minimum Gasteiger partial charge on any atom is -0.288 e. The minimum absolute atomic E-state index is 0.0417. The molecule has 1 radical (unpaired) electrons.